The van der Waals surface area contributed by atoms with Gasteiger partial charge >= 0.3 is 0 Å². The molecule has 0 saturated carbocycles. The monoisotopic (exact) mass is 381 g/mol. The van der Waals surface area contributed by atoms with Gasteiger partial charge in [-0.25, -0.2) is 0 Å². The minimum atomic E-state index is -0.249. The molecule has 4 aromatic rings. The molecule has 1 atom stereocenters. The van der Waals surface area contributed by atoms with Crippen LogP contribution in [0.4, 0.5) is 0 Å². The lowest BCUT2D eigenvalue weighted by Gasteiger charge is -2.17. The van der Waals surface area contributed by atoms with Crippen LogP contribution in [0.5, 0.6) is 0 Å². The van der Waals surface area contributed by atoms with E-state index in [9.17, 15) is 0 Å². The van der Waals surface area contributed by atoms with Crippen molar-refractivity contribution in [3.05, 3.63) is 108 Å². The molecule has 1 aromatic heterocycles. The Bertz CT molecular complexity index is 1320. The molecule has 1 aliphatic heterocycles. The Morgan fingerprint density at radius 2 is 1.64 bits per heavy atom. The van der Waals surface area contributed by atoms with E-state index in [-0.39, 0.29) is 6.04 Å². The van der Waals surface area contributed by atoms with Gasteiger partial charge in [0.15, 0.2) is 0 Å². The average molecular weight is 382 g/mol. The lowest BCUT2D eigenvalue weighted by atomic mass is 9.90. The highest BCUT2D eigenvalue weighted by Gasteiger charge is 2.21. The molecular formula is C25H16ClNO. The van der Waals surface area contributed by atoms with Crippen LogP contribution >= 0.6 is 11.6 Å². The lowest BCUT2D eigenvalue weighted by molar-refractivity contribution is 0.669. The van der Waals surface area contributed by atoms with Crippen LogP contribution in [0.25, 0.3) is 27.5 Å². The second kappa shape index (κ2) is 6.69. The first-order valence-corrected chi connectivity index (χ1v) is 9.44. The minimum Gasteiger partial charge on any atom is -0.456 e. The van der Waals surface area contributed by atoms with Gasteiger partial charge in [-0.15, -0.1) is 5.73 Å². The number of rotatable bonds is 2. The summed E-state index contributed by atoms with van der Waals surface area (Å²) >= 11 is 6.29. The fourth-order valence-electron chi connectivity index (χ4n) is 3.66. The highest BCUT2D eigenvalue weighted by Crippen LogP contribution is 2.38. The van der Waals surface area contributed by atoms with Crippen molar-refractivity contribution >= 4 is 44.3 Å². The van der Waals surface area contributed by atoms with Gasteiger partial charge in [0.05, 0.1) is 0 Å². The quantitative estimate of drug-likeness (QED) is 0.341. The van der Waals surface area contributed by atoms with Gasteiger partial charge in [0.2, 0.25) is 0 Å². The summed E-state index contributed by atoms with van der Waals surface area (Å²) in [5, 5.41) is 2.62. The normalized spacial score (nSPS) is 16.9. The molecule has 0 bridgehead atoms. The molecule has 28 heavy (non-hydrogen) atoms. The number of hydrogen-bond acceptors (Lipinski definition) is 2. The summed E-state index contributed by atoms with van der Waals surface area (Å²) < 4.78 is 6.05. The zero-order chi connectivity index (χ0) is 19.1. The van der Waals surface area contributed by atoms with Gasteiger partial charge in [0.1, 0.15) is 22.4 Å². The largest absolute Gasteiger partial charge is 0.456 e. The standard InChI is InChI=1S/C25H16ClNO/c1-16-19(13-14-24(26)27-25(16)17-7-3-2-4-8-17)18-11-12-21-20-9-5-6-10-22(20)28-23(21)15-18/h2-12,14-15,25H,1H2. The van der Waals surface area contributed by atoms with Crippen molar-refractivity contribution in [1.82, 2.24) is 0 Å². The molecule has 0 aliphatic carbocycles. The highest BCUT2D eigenvalue weighted by molar-refractivity contribution is 6.68. The molecule has 134 valence electrons. The fraction of sp³-hybridized carbons (Fsp3) is 0.0400. The van der Waals surface area contributed by atoms with Gasteiger partial charge < -0.3 is 4.42 Å². The van der Waals surface area contributed by atoms with Crippen molar-refractivity contribution in [2.45, 2.75) is 6.04 Å². The van der Waals surface area contributed by atoms with Gasteiger partial charge in [-0.3, -0.25) is 4.99 Å². The minimum absolute atomic E-state index is 0.249. The summed E-state index contributed by atoms with van der Waals surface area (Å²) in [6.45, 7) is 4.33. The van der Waals surface area contributed by atoms with Crippen LogP contribution in [0.1, 0.15) is 17.2 Å². The first-order chi connectivity index (χ1) is 13.7. The molecular weight excluding hydrogens is 366 g/mol. The second-order valence-electron chi connectivity index (χ2n) is 6.76. The Hall–Kier alpha value is -3.32. The van der Waals surface area contributed by atoms with Gasteiger partial charge in [0.25, 0.3) is 0 Å². The van der Waals surface area contributed by atoms with Crippen LogP contribution in [0, 0.1) is 0 Å². The molecule has 2 heterocycles. The molecule has 3 heteroatoms. The number of para-hydroxylation sites is 1. The summed E-state index contributed by atoms with van der Waals surface area (Å²) in [5.41, 5.74) is 8.77. The Kier molecular flexibility index (Phi) is 4.02. The molecule has 0 fully saturated rings. The van der Waals surface area contributed by atoms with Crippen LogP contribution in [0.2, 0.25) is 0 Å². The van der Waals surface area contributed by atoms with Crippen LogP contribution in [-0.2, 0) is 0 Å². The first-order valence-electron chi connectivity index (χ1n) is 9.06. The van der Waals surface area contributed by atoms with Crippen molar-refractivity contribution in [2.24, 2.45) is 4.99 Å². The molecule has 0 spiro atoms. The van der Waals surface area contributed by atoms with E-state index in [4.69, 9.17) is 16.0 Å². The third-order valence-corrected chi connectivity index (χ3v) is 5.23. The maximum absolute atomic E-state index is 6.29. The van der Waals surface area contributed by atoms with E-state index >= 15 is 0 Å². The second-order valence-corrected chi connectivity index (χ2v) is 7.15. The predicted molar refractivity (Wildman–Crippen MR) is 117 cm³/mol. The van der Waals surface area contributed by atoms with E-state index in [1.54, 1.807) is 6.08 Å². The van der Waals surface area contributed by atoms with E-state index in [0.717, 1.165) is 44.2 Å². The third-order valence-electron chi connectivity index (χ3n) is 5.02. The number of benzene rings is 3. The third kappa shape index (κ3) is 2.80. The van der Waals surface area contributed by atoms with Crippen molar-refractivity contribution < 1.29 is 4.42 Å². The lowest BCUT2D eigenvalue weighted by Crippen LogP contribution is -2.01. The summed E-state index contributed by atoms with van der Waals surface area (Å²) in [6, 6.07) is 24.1. The summed E-state index contributed by atoms with van der Waals surface area (Å²) in [5.74, 6) is 0. The topological polar surface area (TPSA) is 25.5 Å². The smallest absolute Gasteiger partial charge is 0.136 e. The summed E-state index contributed by atoms with van der Waals surface area (Å²) in [4.78, 5) is 4.62. The van der Waals surface area contributed by atoms with Crippen LogP contribution < -0.4 is 0 Å². The van der Waals surface area contributed by atoms with E-state index < -0.39 is 0 Å². The van der Waals surface area contributed by atoms with E-state index in [2.05, 4.69) is 35.5 Å². The fourth-order valence-corrected chi connectivity index (χ4v) is 3.81. The van der Waals surface area contributed by atoms with Gasteiger partial charge in [-0.05, 0) is 34.9 Å². The average Bonchev–Trinajstić information content (AvgIpc) is 3.03. The van der Waals surface area contributed by atoms with Crippen molar-refractivity contribution in [3.8, 4) is 0 Å². The Balaban J connectivity index is 1.65. The zero-order valence-electron chi connectivity index (χ0n) is 15.0. The molecule has 1 aliphatic rings. The van der Waals surface area contributed by atoms with Crippen molar-refractivity contribution in [1.29, 1.82) is 0 Å². The maximum atomic E-state index is 6.29. The van der Waals surface area contributed by atoms with Gasteiger partial charge in [0, 0.05) is 22.4 Å². The summed E-state index contributed by atoms with van der Waals surface area (Å²) in [6.07, 6.45) is 1.70. The maximum Gasteiger partial charge on any atom is 0.136 e. The number of furan rings is 1. The van der Waals surface area contributed by atoms with Crippen molar-refractivity contribution in [3.63, 3.8) is 0 Å². The summed E-state index contributed by atoms with van der Waals surface area (Å²) in [7, 11) is 0. The van der Waals surface area contributed by atoms with Crippen molar-refractivity contribution in [2.75, 3.05) is 0 Å². The number of nitrogens with zero attached hydrogens (tertiary/aromatic N) is 1. The van der Waals surface area contributed by atoms with E-state index in [1.807, 2.05) is 54.6 Å². The molecule has 5 rings (SSSR count). The van der Waals surface area contributed by atoms with Gasteiger partial charge in [-0.1, -0.05) is 72.8 Å². The zero-order valence-corrected chi connectivity index (χ0v) is 15.8. The SMILES string of the molecule is C=C1C(c2ccc3c(c2)oc2ccccc23)=C=CC(Cl)=NC1c1ccccc1. The molecule has 0 amide bonds. The molecule has 0 saturated heterocycles. The van der Waals surface area contributed by atoms with Crippen LogP contribution in [0.3, 0.4) is 0 Å². The molecule has 0 radical (unpaired) electrons. The van der Waals surface area contributed by atoms with Crippen LogP contribution in [-0.4, -0.2) is 5.17 Å². The Morgan fingerprint density at radius 1 is 0.893 bits per heavy atom. The number of hydrogen-bond donors (Lipinski definition) is 0. The predicted octanol–water partition coefficient (Wildman–Crippen LogP) is 7.07. The number of aliphatic imine (C=N–C) groups is 1. The molecule has 2 nitrogen and oxygen atoms in total. The molecule has 0 N–H and O–H groups in total. The van der Waals surface area contributed by atoms with E-state index in [1.165, 1.54) is 0 Å². The molecule has 1 unspecified atom stereocenters. The number of fused-ring (bicyclic) bond motifs is 3. The van der Waals surface area contributed by atoms with E-state index in [0.29, 0.717) is 5.17 Å². The number of halogens is 1. The Morgan fingerprint density at radius 3 is 2.50 bits per heavy atom. The Labute approximate surface area is 167 Å². The molecule has 3 aromatic carbocycles. The van der Waals surface area contributed by atoms with Crippen LogP contribution in [0.15, 0.2) is 106 Å². The van der Waals surface area contributed by atoms with Gasteiger partial charge in [-0.2, -0.15) is 0 Å². The first kappa shape index (κ1) is 16.8. The highest BCUT2D eigenvalue weighted by atomic mass is 35.5.